The average molecular weight is 309 g/mol. The van der Waals surface area contributed by atoms with Crippen molar-refractivity contribution in [3.05, 3.63) is 47.7 Å². The molecule has 3 heteroatoms. The summed E-state index contributed by atoms with van der Waals surface area (Å²) in [5.74, 6) is 0.421. The zero-order valence-electron chi connectivity index (χ0n) is 14.5. The molecule has 1 saturated heterocycles. The molecule has 1 fully saturated rings. The highest BCUT2D eigenvalue weighted by Gasteiger charge is 2.18. The number of hydrogen-bond acceptors (Lipinski definition) is 3. The summed E-state index contributed by atoms with van der Waals surface area (Å²) in [7, 11) is 0. The Morgan fingerprint density at radius 2 is 1.52 bits per heavy atom. The third-order valence-electron chi connectivity index (χ3n) is 4.90. The molecule has 122 valence electrons. The highest BCUT2D eigenvalue weighted by molar-refractivity contribution is 5.59. The van der Waals surface area contributed by atoms with Crippen LogP contribution in [0.25, 0.3) is 11.3 Å². The standard InChI is InChI=1S/C20H27N3/c1-15(2)19-11-12-20(22-21-19)18-9-7-17(8-10-18)16(3)23-13-5-4-6-14-23/h7-12,15-16H,4-6,13-14H2,1-3H3. The van der Waals surface area contributed by atoms with Crippen molar-refractivity contribution in [2.75, 3.05) is 13.1 Å². The SMILES string of the molecule is CC(C)c1ccc(-c2ccc(C(C)N3CCCCC3)cc2)nn1. The predicted molar refractivity (Wildman–Crippen MR) is 95.4 cm³/mol. The summed E-state index contributed by atoms with van der Waals surface area (Å²) in [6, 6.07) is 13.5. The Labute approximate surface area is 139 Å². The van der Waals surface area contributed by atoms with Gasteiger partial charge in [0, 0.05) is 11.6 Å². The van der Waals surface area contributed by atoms with Gasteiger partial charge in [-0.05, 0) is 56.5 Å². The van der Waals surface area contributed by atoms with Crippen LogP contribution in [-0.2, 0) is 0 Å². The summed E-state index contributed by atoms with van der Waals surface area (Å²) in [5, 5.41) is 8.70. The molecule has 2 heterocycles. The van der Waals surface area contributed by atoms with Crippen LogP contribution in [-0.4, -0.2) is 28.2 Å². The van der Waals surface area contributed by atoms with Crippen molar-refractivity contribution in [1.29, 1.82) is 0 Å². The largest absolute Gasteiger partial charge is 0.297 e. The molecule has 23 heavy (non-hydrogen) atoms. The number of rotatable bonds is 4. The summed E-state index contributed by atoms with van der Waals surface area (Å²) in [5.41, 5.74) is 4.53. The van der Waals surface area contributed by atoms with Gasteiger partial charge in [-0.3, -0.25) is 4.90 Å². The van der Waals surface area contributed by atoms with E-state index in [-0.39, 0.29) is 0 Å². The number of nitrogens with zero attached hydrogens (tertiary/aromatic N) is 3. The van der Waals surface area contributed by atoms with Crippen molar-refractivity contribution in [1.82, 2.24) is 15.1 Å². The molecule has 0 aliphatic carbocycles. The molecule has 3 rings (SSSR count). The number of likely N-dealkylation sites (tertiary alicyclic amines) is 1. The van der Waals surface area contributed by atoms with E-state index in [2.05, 4.69) is 72.3 Å². The highest BCUT2D eigenvalue weighted by Crippen LogP contribution is 2.26. The number of hydrogen-bond donors (Lipinski definition) is 0. The van der Waals surface area contributed by atoms with Gasteiger partial charge in [-0.25, -0.2) is 0 Å². The minimum Gasteiger partial charge on any atom is -0.297 e. The minimum absolute atomic E-state index is 0.421. The molecular formula is C20H27N3. The van der Waals surface area contributed by atoms with E-state index >= 15 is 0 Å². The van der Waals surface area contributed by atoms with Gasteiger partial charge in [0.1, 0.15) is 0 Å². The van der Waals surface area contributed by atoms with E-state index in [9.17, 15) is 0 Å². The molecule has 0 N–H and O–H groups in total. The summed E-state index contributed by atoms with van der Waals surface area (Å²) in [6.45, 7) is 9.05. The van der Waals surface area contributed by atoms with Crippen LogP contribution in [0.1, 0.15) is 63.3 Å². The zero-order valence-corrected chi connectivity index (χ0v) is 14.5. The maximum absolute atomic E-state index is 4.37. The van der Waals surface area contributed by atoms with Crippen molar-refractivity contribution in [2.24, 2.45) is 0 Å². The first-order valence-electron chi connectivity index (χ1n) is 8.83. The fourth-order valence-electron chi connectivity index (χ4n) is 3.25. The lowest BCUT2D eigenvalue weighted by Crippen LogP contribution is -2.32. The van der Waals surface area contributed by atoms with Crippen LogP contribution in [0.4, 0.5) is 0 Å². The molecule has 3 nitrogen and oxygen atoms in total. The molecule has 0 amide bonds. The first-order valence-corrected chi connectivity index (χ1v) is 8.83. The second-order valence-electron chi connectivity index (χ2n) is 6.89. The van der Waals surface area contributed by atoms with Gasteiger partial charge < -0.3 is 0 Å². The Hall–Kier alpha value is -1.74. The lowest BCUT2D eigenvalue weighted by molar-refractivity contribution is 0.175. The normalized spacial score (nSPS) is 17.4. The first-order chi connectivity index (χ1) is 11.1. The third kappa shape index (κ3) is 3.78. The van der Waals surface area contributed by atoms with Gasteiger partial charge in [0.25, 0.3) is 0 Å². The molecule has 0 spiro atoms. The van der Waals surface area contributed by atoms with Crippen LogP contribution >= 0.6 is 0 Å². The van der Waals surface area contributed by atoms with Crippen LogP contribution in [0.3, 0.4) is 0 Å². The van der Waals surface area contributed by atoms with Crippen LogP contribution in [0.2, 0.25) is 0 Å². The van der Waals surface area contributed by atoms with Gasteiger partial charge in [0.15, 0.2) is 0 Å². The summed E-state index contributed by atoms with van der Waals surface area (Å²) in [6.07, 6.45) is 4.05. The molecule has 0 radical (unpaired) electrons. The van der Waals surface area contributed by atoms with E-state index in [0.29, 0.717) is 12.0 Å². The second kappa shape index (κ2) is 7.22. The van der Waals surface area contributed by atoms with Gasteiger partial charge in [-0.2, -0.15) is 10.2 Å². The smallest absolute Gasteiger partial charge is 0.0929 e. The van der Waals surface area contributed by atoms with E-state index in [1.165, 1.54) is 37.9 Å². The molecule has 1 aromatic heterocycles. The quantitative estimate of drug-likeness (QED) is 0.811. The Balaban J connectivity index is 1.73. The molecule has 1 aliphatic rings. The predicted octanol–water partition coefficient (Wildman–Crippen LogP) is 4.81. The lowest BCUT2D eigenvalue weighted by Gasteiger charge is -2.32. The molecule has 0 bridgehead atoms. The topological polar surface area (TPSA) is 29.0 Å². The van der Waals surface area contributed by atoms with Crippen molar-refractivity contribution in [3.8, 4) is 11.3 Å². The van der Waals surface area contributed by atoms with Crippen LogP contribution in [0.5, 0.6) is 0 Å². The number of piperidine rings is 1. The Morgan fingerprint density at radius 3 is 2.09 bits per heavy atom. The van der Waals surface area contributed by atoms with Crippen LogP contribution in [0.15, 0.2) is 36.4 Å². The molecule has 2 aromatic rings. The average Bonchev–Trinajstić information content (AvgIpc) is 2.62. The monoisotopic (exact) mass is 309 g/mol. The number of benzene rings is 1. The molecule has 1 aromatic carbocycles. The van der Waals surface area contributed by atoms with E-state index in [1.54, 1.807) is 0 Å². The van der Waals surface area contributed by atoms with Gasteiger partial charge in [0.2, 0.25) is 0 Å². The van der Waals surface area contributed by atoms with E-state index < -0.39 is 0 Å². The maximum Gasteiger partial charge on any atom is 0.0929 e. The van der Waals surface area contributed by atoms with Gasteiger partial charge >= 0.3 is 0 Å². The van der Waals surface area contributed by atoms with Crippen LogP contribution in [0, 0.1) is 0 Å². The molecular weight excluding hydrogens is 282 g/mol. The van der Waals surface area contributed by atoms with Gasteiger partial charge in [0.05, 0.1) is 11.4 Å². The maximum atomic E-state index is 4.37. The Morgan fingerprint density at radius 1 is 0.826 bits per heavy atom. The minimum atomic E-state index is 0.421. The van der Waals surface area contributed by atoms with Crippen molar-refractivity contribution in [2.45, 2.75) is 52.0 Å². The van der Waals surface area contributed by atoms with Gasteiger partial charge in [-0.1, -0.05) is 44.5 Å². The highest BCUT2D eigenvalue weighted by atomic mass is 15.2. The number of aromatic nitrogens is 2. The van der Waals surface area contributed by atoms with Gasteiger partial charge in [-0.15, -0.1) is 0 Å². The lowest BCUT2D eigenvalue weighted by atomic mass is 10.0. The first kappa shape index (κ1) is 16.1. The molecule has 1 aliphatic heterocycles. The summed E-state index contributed by atoms with van der Waals surface area (Å²) < 4.78 is 0. The summed E-state index contributed by atoms with van der Waals surface area (Å²) in [4.78, 5) is 2.59. The Bertz CT molecular complexity index is 610. The molecule has 0 saturated carbocycles. The fourth-order valence-corrected chi connectivity index (χ4v) is 3.25. The van der Waals surface area contributed by atoms with Crippen molar-refractivity contribution in [3.63, 3.8) is 0 Å². The second-order valence-corrected chi connectivity index (χ2v) is 6.89. The molecule has 1 unspecified atom stereocenters. The fraction of sp³-hybridized carbons (Fsp3) is 0.500. The third-order valence-corrected chi connectivity index (χ3v) is 4.90. The van der Waals surface area contributed by atoms with Crippen LogP contribution < -0.4 is 0 Å². The zero-order chi connectivity index (χ0) is 16.2. The summed E-state index contributed by atoms with van der Waals surface area (Å²) >= 11 is 0. The Kier molecular flexibility index (Phi) is 5.06. The van der Waals surface area contributed by atoms with E-state index in [4.69, 9.17) is 0 Å². The van der Waals surface area contributed by atoms with Crippen molar-refractivity contribution >= 4 is 0 Å². The van der Waals surface area contributed by atoms with E-state index in [0.717, 1.165) is 17.0 Å². The van der Waals surface area contributed by atoms with Crippen molar-refractivity contribution < 1.29 is 0 Å². The van der Waals surface area contributed by atoms with E-state index in [1.807, 2.05) is 0 Å². The molecule has 1 atom stereocenters.